The Kier molecular flexibility index (Phi) is 6.40. The first-order valence-electron chi connectivity index (χ1n) is 5.44. The van der Waals surface area contributed by atoms with Gasteiger partial charge in [-0.1, -0.05) is 20.8 Å². The first-order valence-corrected chi connectivity index (χ1v) is 7.05. The van der Waals surface area contributed by atoms with Gasteiger partial charge in [0.2, 0.25) is 10.0 Å². The Morgan fingerprint density at radius 1 is 1.27 bits per heavy atom. The van der Waals surface area contributed by atoms with E-state index in [1.54, 1.807) is 14.1 Å². The van der Waals surface area contributed by atoms with Crippen LogP contribution in [0, 0.1) is 5.92 Å². The van der Waals surface area contributed by atoms with Crippen LogP contribution >= 0.6 is 0 Å². The SMILES string of the molecule is CCC(NCCS(=O)(=O)N(C)C)C(C)C. The van der Waals surface area contributed by atoms with E-state index in [1.165, 1.54) is 4.31 Å². The molecule has 0 radical (unpaired) electrons. The number of sulfonamides is 1. The summed E-state index contributed by atoms with van der Waals surface area (Å²) in [6.07, 6.45) is 1.03. The first-order chi connectivity index (χ1) is 6.81. The zero-order chi connectivity index (χ0) is 12.1. The molecule has 92 valence electrons. The Labute approximate surface area is 94.1 Å². The van der Waals surface area contributed by atoms with Crippen LogP contribution in [0.5, 0.6) is 0 Å². The van der Waals surface area contributed by atoms with Crippen molar-refractivity contribution >= 4 is 10.0 Å². The van der Waals surface area contributed by atoms with E-state index in [2.05, 4.69) is 26.1 Å². The molecule has 0 bridgehead atoms. The molecule has 5 heteroatoms. The summed E-state index contributed by atoms with van der Waals surface area (Å²) in [4.78, 5) is 0. The molecule has 1 N–H and O–H groups in total. The third-order valence-electron chi connectivity index (χ3n) is 2.57. The fraction of sp³-hybridized carbons (Fsp3) is 1.00. The molecule has 0 spiro atoms. The van der Waals surface area contributed by atoms with Crippen molar-refractivity contribution in [3.63, 3.8) is 0 Å². The first kappa shape index (κ1) is 14.9. The van der Waals surface area contributed by atoms with E-state index >= 15 is 0 Å². The third-order valence-corrected chi connectivity index (χ3v) is 4.40. The Hall–Kier alpha value is -0.130. The molecule has 0 aromatic carbocycles. The Balaban J connectivity index is 3.98. The maximum atomic E-state index is 11.5. The number of hydrogen-bond acceptors (Lipinski definition) is 3. The van der Waals surface area contributed by atoms with Gasteiger partial charge in [-0.15, -0.1) is 0 Å². The van der Waals surface area contributed by atoms with Crippen LogP contribution < -0.4 is 5.32 Å². The van der Waals surface area contributed by atoms with E-state index in [9.17, 15) is 8.42 Å². The van der Waals surface area contributed by atoms with Gasteiger partial charge in [-0.3, -0.25) is 0 Å². The van der Waals surface area contributed by atoms with Gasteiger partial charge in [0.15, 0.2) is 0 Å². The van der Waals surface area contributed by atoms with Crippen molar-refractivity contribution < 1.29 is 8.42 Å². The molecule has 15 heavy (non-hydrogen) atoms. The highest BCUT2D eigenvalue weighted by atomic mass is 32.2. The van der Waals surface area contributed by atoms with Gasteiger partial charge < -0.3 is 5.32 Å². The molecule has 0 fully saturated rings. The fourth-order valence-corrected chi connectivity index (χ4v) is 2.15. The summed E-state index contributed by atoms with van der Waals surface area (Å²) in [7, 11) is 0.0722. The molecule has 0 heterocycles. The molecule has 0 aliphatic heterocycles. The zero-order valence-corrected chi connectivity index (χ0v) is 11.3. The largest absolute Gasteiger partial charge is 0.313 e. The monoisotopic (exact) mass is 236 g/mol. The Morgan fingerprint density at radius 2 is 1.80 bits per heavy atom. The minimum Gasteiger partial charge on any atom is -0.313 e. The van der Waals surface area contributed by atoms with Gasteiger partial charge in [-0.05, 0) is 12.3 Å². The molecule has 0 aliphatic rings. The lowest BCUT2D eigenvalue weighted by atomic mass is 10.0. The molecule has 0 aliphatic carbocycles. The van der Waals surface area contributed by atoms with Crippen molar-refractivity contribution in [1.29, 1.82) is 0 Å². The lowest BCUT2D eigenvalue weighted by Gasteiger charge is -2.21. The maximum absolute atomic E-state index is 11.5. The van der Waals surface area contributed by atoms with Crippen LogP contribution in [0.15, 0.2) is 0 Å². The van der Waals surface area contributed by atoms with Gasteiger partial charge >= 0.3 is 0 Å². The average Bonchev–Trinajstić information content (AvgIpc) is 2.11. The summed E-state index contributed by atoms with van der Waals surface area (Å²) < 4.78 is 24.2. The molecule has 1 atom stereocenters. The molecular formula is C10H24N2O2S. The van der Waals surface area contributed by atoms with Crippen molar-refractivity contribution in [2.75, 3.05) is 26.4 Å². The molecule has 4 nitrogen and oxygen atoms in total. The summed E-state index contributed by atoms with van der Waals surface area (Å²) in [6, 6.07) is 0.405. The van der Waals surface area contributed by atoms with Gasteiger partial charge in [0.25, 0.3) is 0 Å². The van der Waals surface area contributed by atoms with E-state index in [1.807, 2.05) is 0 Å². The molecule has 0 aromatic heterocycles. The Morgan fingerprint density at radius 3 is 2.13 bits per heavy atom. The van der Waals surface area contributed by atoms with Crippen LogP contribution in [0.2, 0.25) is 0 Å². The van der Waals surface area contributed by atoms with Gasteiger partial charge in [0.05, 0.1) is 5.75 Å². The van der Waals surface area contributed by atoms with Crippen molar-refractivity contribution in [3.05, 3.63) is 0 Å². The number of nitrogens with one attached hydrogen (secondary N) is 1. The van der Waals surface area contributed by atoms with Gasteiger partial charge in [0, 0.05) is 26.7 Å². The van der Waals surface area contributed by atoms with Crippen LogP contribution in [0.4, 0.5) is 0 Å². The molecule has 0 saturated heterocycles. The maximum Gasteiger partial charge on any atom is 0.214 e. The summed E-state index contributed by atoms with van der Waals surface area (Å²) in [5.41, 5.74) is 0. The van der Waals surface area contributed by atoms with Crippen LogP contribution in [-0.4, -0.2) is 45.2 Å². The van der Waals surface area contributed by atoms with Crippen molar-refractivity contribution in [2.45, 2.75) is 33.2 Å². The van der Waals surface area contributed by atoms with E-state index in [0.29, 0.717) is 18.5 Å². The van der Waals surface area contributed by atoms with Crippen molar-refractivity contribution in [3.8, 4) is 0 Å². The molecule has 0 amide bonds. The summed E-state index contributed by atoms with van der Waals surface area (Å²) in [5, 5.41) is 3.27. The standard InChI is InChI=1S/C10H24N2O2S/c1-6-10(9(2)3)11-7-8-15(13,14)12(4)5/h9-11H,6-8H2,1-5H3. The highest BCUT2D eigenvalue weighted by Crippen LogP contribution is 2.05. The van der Waals surface area contributed by atoms with Gasteiger partial charge in [-0.2, -0.15) is 0 Å². The molecule has 0 aromatic rings. The second kappa shape index (κ2) is 6.45. The normalized spacial score (nSPS) is 14.9. The van der Waals surface area contributed by atoms with E-state index in [-0.39, 0.29) is 5.75 Å². The summed E-state index contributed by atoms with van der Waals surface area (Å²) in [5.74, 6) is 0.709. The predicted octanol–water partition coefficient (Wildman–Crippen LogP) is 0.902. The van der Waals surface area contributed by atoms with Crippen LogP contribution in [0.1, 0.15) is 27.2 Å². The second-order valence-corrected chi connectivity index (χ2v) is 6.61. The lowest BCUT2D eigenvalue weighted by molar-refractivity contribution is 0.396. The fourth-order valence-electron chi connectivity index (χ4n) is 1.41. The summed E-state index contributed by atoms with van der Waals surface area (Å²) in [6.45, 7) is 6.92. The highest BCUT2D eigenvalue weighted by Gasteiger charge is 2.15. The van der Waals surface area contributed by atoms with E-state index < -0.39 is 10.0 Å². The second-order valence-electron chi connectivity index (χ2n) is 4.31. The summed E-state index contributed by atoms with van der Waals surface area (Å²) >= 11 is 0. The van der Waals surface area contributed by atoms with Crippen molar-refractivity contribution in [1.82, 2.24) is 9.62 Å². The molecule has 1 unspecified atom stereocenters. The van der Waals surface area contributed by atoms with E-state index in [4.69, 9.17) is 0 Å². The Bertz CT molecular complexity index is 261. The smallest absolute Gasteiger partial charge is 0.214 e. The van der Waals surface area contributed by atoms with Crippen LogP contribution in [0.25, 0.3) is 0 Å². The van der Waals surface area contributed by atoms with Gasteiger partial charge in [0.1, 0.15) is 0 Å². The number of nitrogens with zero attached hydrogens (tertiary/aromatic N) is 1. The van der Waals surface area contributed by atoms with Crippen LogP contribution in [0.3, 0.4) is 0 Å². The van der Waals surface area contributed by atoms with Crippen LogP contribution in [-0.2, 0) is 10.0 Å². The predicted molar refractivity (Wildman–Crippen MR) is 64.4 cm³/mol. The lowest BCUT2D eigenvalue weighted by Crippen LogP contribution is -2.38. The van der Waals surface area contributed by atoms with Crippen molar-refractivity contribution in [2.24, 2.45) is 5.92 Å². The number of hydrogen-bond donors (Lipinski definition) is 1. The minimum atomic E-state index is -3.06. The minimum absolute atomic E-state index is 0.170. The average molecular weight is 236 g/mol. The quantitative estimate of drug-likeness (QED) is 0.714. The number of rotatable bonds is 7. The molecular weight excluding hydrogens is 212 g/mol. The highest BCUT2D eigenvalue weighted by molar-refractivity contribution is 7.89. The third kappa shape index (κ3) is 5.49. The zero-order valence-electron chi connectivity index (χ0n) is 10.4. The molecule has 0 saturated carbocycles. The topological polar surface area (TPSA) is 49.4 Å². The van der Waals surface area contributed by atoms with E-state index in [0.717, 1.165) is 6.42 Å². The van der Waals surface area contributed by atoms with Gasteiger partial charge in [-0.25, -0.2) is 12.7 Å². The molecule has 0 rings (SSSR count).